The van der Waals surface area contributed by atoms with E-state index in [1.807, 2.05) is 66.7 Å². The second-order valence-corrected chi connectivity index (χ2v) is 9.32. The zero-order valence-corrected chi connectivity index (χ0v) is 21.0. The number of hydrogen-bond donors (Lipinski definition) is 3. The van der Waals surface area contributed by atoms with Crippen molar-refractivity contribution in [1.29, 1.82) is 0 Å². The molecule has 3 heteroatoms. The van der Waals surface area contributed by atoms with Gasteiger partial charge in [-0.25, -0.2) is 0 Å². The lowest BCUT2D eigenvalue weighted by Crippen LogP contribution is -2.04. The van der Waals surface area contributed by atoms with Crippen molar-refractivity contribution in [2.75, 3.05) is 0 Å². The fourth-order valence-corrected chi connectivity index (χ4v) is 5.36. The lowest BCUT2D eigenvalue weighted by Gasteiger charge is -2.25. The lowest BCUT2D eigenvalue weighted by atomic mass is 9.79. The zero-order valence-electron chi connectivity index (χ0n) is 21.0. The van der Waals surface area contributed by atoms with Gasteiger partial charge >= 0.3 is 0 Å². The van der Waals surface area contributed by atoms with Crippen LogP contribution in [0.3, 0.4) is 0 Å². The lowest BCUT2D eigenvalue weighted by molar-refractivity contribution is 0.464. The molecule has 1 unspecified atom stereocenters. The molecule has 3 nitrogen and oxygen atoms in total. The molecule has 0 fully saturated rings. The van der Waals surface area contributed by atoms with Crippen LogP contribution in [0.1, 0.15) is 36.0 Å². The number of hydrogen-bond acceptors (Lipinski definition) is 3. The van der Waals surface area contributed by atoms with Gasteiger partial charge in [0.25, 0.3) is 0 Å². The van der Waals surface area contributed by atoms with E-state index >= 15 is 0 Å². The van der Waals surface area contributed by atoms with Crippen LogP contribution < -0.4 is 0 Å². The standard InChI is InChI=1S/C34H30O3/c1-3-23(25-13-6-9-17-30(25)35)24-12-4-5-15-27(24)33-22(2)20-21-28(26-14-7-10-18-31(26)36)34(33)29-16-8-11-19-32(29)37/h4-21,23,35-37H,3H2,1-2H3. The maximum absolute atomic E-state index is 11.0. The van der Waals surface area contributed by atoms with Crippen molar-refractivity contribution >= 4 is 0 Å². The highest BCUT2D eigenvalue weighted by molar-refractivity contribution is 5.99. The number of phenolic OH excluding ortho intramolecular Hbond substituents is 3. The minimum atomic E-state index is -0.0252. The first-order valence-electron chi connectivity index (χ1n) is 12.6. The Hall–Kier alpha value is -4.50. The average Bonchev–Trinajstić information content (AvgIpc) is 2.91. The first-order valence-corrected chi connectivity index (χ1v) is 12.6. The predicted octanol–water partition coefficient (Wildman–Crippen LogP) is 8.65. The SMILES string of the molecule is CCC(c1ccccc1O)c1ccccc1-c1c(C)ccc(-c2ccccc2O)c1-c1ccccc1O. The summed E-state index contributed by atoms with van der Waals surface area (Å²) in [5, 5.41) is 32.5. The number of benzene rings is 5. The van der Waals surface area contributed by atoms with Crippen LogP contribution in [0.4, 0.5) is 0 Å². The summed E-state index contributed by atoms with van der Waals surface area (Å²) in [5.74, 6) is 0.617. The van der Waals surface area contributed by atoms with Crippen LogP contribution in [0.5, 0.6) is 17.2 Å². The molecular weight excluding hydrogens is 456 g/mol. The van der Waals surface area contributed by atoms with Crippen molar-refractivity contribution in [3.8, 4) is 50.6 Å². The largest absolute Gasteiger partial charge is 0.508 e. The molecule has 184 valence electrons. The second kappa shape index (κ2) is 10.2. The first-order chi connectivity index (χ1) is 18.0. The molecule has 3 N–H and O–H groups in total. The van der Waals surface area contributed by atoms with Crippen LogP contribution in [0.2, 0.25) is 0 Å². The Kier molecular flexibility index (Phi) is 6.70. The molecule has 0 aliphatic carbocycles. The topological polar surface area (TPSA) is 60.7 Å². The Labute approximate surface area is 218 Å². The Bertz CT molecular complexity index is 1570. The molecule has 0 saturated carbocycles. The molecule has 0 heterocycles. The van der Waals surface area contributed by atoms with Crippen molar-refractivity contribution in [2.45, 2.75) is 26.2 Å². The van der Waals surface area contributed by atoms with E-state index in [9.17, 15) is 15.3 Å². The van der Waals surface area contributed by atoms with Crippen molar-refractivity contribution in [1.82, 2.24) is 0 Å². The summed E-state index contributed by atoms with van der Waals surface area (Å²) in [4.78, 5) is 0. The number of aryl methyl sites for hydroxylation is 1. The van der Waals surface area contributed by atoms with E-state index in [1.54, 1.807) is 24.3 Å². The van der Waals surface area contributed by atoms with E-state index in [4.69, 9.17) is 0 Å². The molecule has 1 atom stereocenters. The highest BCUT2D eigenvalue weighted by Crippen LogP contribution is 2.49. The first kappa shape index (κ1) is 24.2. The third kappa shape index (κ3) is 4.45. The van der Waals surface area contributed by atoms with Gasteiger partial charge < -0.3 is 15.3 Å². The summed E-state index contributed by atoms with van der Waals surface area (Å²) in [6.45, 7) is 4.20. The summed E-state index contributed by atoms with van der Waals surface area (Å²) in [6.07, 6.45) is 0.804. The Morgan fingerprint density at radius 2 is 1.00 bits per heavy atom. The highest BCUT2D eigenvalue weighted by Gasteiger charge is 2.25. The molecule has 5 aromatic rings. The van der Waals surface area contributed by atoms with E-state index in [1.165, 1.54) is 0 Å². The molecule has 0 aliphatic rings. The Morgan fingerprint density at radius 3 is 1.59 bits per heavy atom. The average molecular weight is 487 g/mol. The zero-order chi connectivity index (χ0) is 25.9. The van der Waals surface area contributed by atoms with Gasteiger partial charge in [-0.05, 0) is 59.4 Å². The maximum atomic E-state index is 11.0. The summed E-state index contributed by atoms with van der Waals surface area (Å²) in [5.41, 5.74) is 8.16. The van der Waals surface area contributed by atoms with Crippen LogP contribution in [0.25, 0.3) is 33.4 Å². The van der Waals surface area contributed by atoms with E-state index in [0.717, 1.165) is 45.4 Å². The molecule has 0 aromatic heterocycles. The fourth-order valence-electron chi connectivity index (χ4n) is 5.36. The van der Waals surface area contributed by atoms with Gasteiger partial charge in [-0.2, -0.15) is 0 Å². The molecular formula is C34H30O3. The van der Waals surface area contributed by atoms with Crippen molar-refractivity contribution < 1.29 is 15.3 Å². The fraction of sp³-hybridized carbons (Fsp3) is 0.118. The van der Waals surface area contributed by atoms with Crippen LogP contribution >= 0.6 is 0 Å². The summed E-state index contributed by atoms with van der Waals surface area (Å²) in [6, 6.07) is 34.5. The van der Waals surface area contributed by atoms with E-state index < -0.39 is 0 Å². The molecule has 0 saturated heterocycles. The van der Waals surface area contributed by atoms with Crippen LogP contribution in [-0.2, 0) is 0 Å². The van der Waals surface area contributed by atoms with Crippen molar-refractivity contribution in [2.24, 2.45) is 0 Å². The van der Waals surface area contributed by atoms with E-state index in [2.05, 4.69) is 32.0 Å². The second-order valence-electron chi connectivity index (χ2n) is 9.32. The Morgan fingerprint density at radius 1 is 0.486 bits per heavy atom. The smallest absolute Gasteiger partial charge is 0.123 e. The number of para-hydroxylation sites is 3. The van der Waals surface area contributed by atoms with Crippen molar-refractivity contribution in [3.05, 3.63) is 126 Å². The third-order valence-corrected chi connectivity index (χ3v) is 7.11. The summed E-state index contributed by atoms with van der Waals surface area (Å²) in [7, 11) is 0. The van der Waals surface area contributed by atoms with Gasteiger partial charge in [0.05, 0.1) is 0 Å². The molecule has 37 heavy (non-hydrogen) atoms. The van der Waals surface area contributed by atoms with Gasteiger partial charge in [-0.15, -0.1) is 0 Å². The van der Waals surface area contributed by atoms with E-state index in [0.29, 0.717) is 11.1 Å². The molecule has 0 bridgehead atoms. The molecule has 0 amide bonds. The minimum absolute atomic E-state index is 0.0252. The van der Waals surface area contributed by atoms with Gasteiger partial charge in [0.2, 0.25) is 0 Å². The molecule has 0 radical (unpaired) electrons. The molecule has 0 spiro atoms. The van der Waals surface area contributed by atoms with Gasteiger partial charge in [-0.1, -0.05) is 97.9 Å². The van der Waals surface area contributed by atoms with Crippen LogP contribution in [0, 0.1) is 6.92 Å². The maximum Gasteiger partial charge on any atom is 0.123 e. The number of rotatable bonds is 6. The van der Waals surface area contributed by atoms with Gasteiger partial charge in [0, 0.05) is 28.2 Å². The molecule has 5 rings (SSSR count). The number of phenols is 3. The van der Waals surface area contributed by atoms with Gasteiger partial charge in [0.1, 0.15) is 17.2 Å². The third-order valence-electron chi connectivity index (χ3n) is 7.11. The molecule has 5 aromatic carbocycles. The van der Waals surface area contributed by atoms with Crippen molar-refractivity contribution in [3.63, 3.8) is 0 Å². The van der Waals surface area contributed by atoms with Gasteiger partial charge in [-0.3, -0.25) is 0 Å². The molecule has 0 aliphatic heterocycles. The highest BCUT2D eigenvalue weighted by atomic mass is 16.3. The normalized spacial score (nSPS) is 11.8. The number of aromatic hydroxyl groups is 3. The quantitative estimate of drug-likeness (QED) is 0.225. The summed E-state index contributed by atoms with van der Waals surface area (Å²) < 4.78 is 0. The van der Waals surface area contributed by atoms with E-state index in [-0.39, 0.29) is 23.2 Å². The minimum Gasteiger partial charge on any atom is -0.508 e. The summed E-state index contributed by atoms with van der Waals surface area (Å²) >= 11 is 0. The monoisotopic (exact) mass is 486 g/mol. The van der Waals surface area contributed by atoms with Gasteiger partial charge in [0.15, 0.2) is 0 Å². The predicted molar refractivity (Wildman–Crippen MR) is 151 cm³/mol. The van der Waals surface area contributed by atoms with Crippen LogP contribution in [-0.4, -0.2) is 15.3 Å². The van der Waals surface area contributed by atoms with Crippen LogP contribution in [0.15, 0.2) is 109 Å². The Balaban J connectivity index is 1.86.